The molecule has 8 heteroatoms. The number of rotatable bonds is 3. The van der Waals surface area contributed by atoms with Crippen LogP contribution in [0.1, 0.15) is 30.3 Å². The molecule has 0 spiro atoms. The van der Waals surface area contributed by atoms with Crippen molar-refractivity contribution in [2.75, 3.05) is 11.4 Å². The largest absolute Gasteiger partial charge is 0.406 e. The Labute approximate surface area is 115 Å². The Hall–Kier alpha value is -2.38. The van der Waals surface area contributed by atoms with E-state index in [0.717, 1.165) is 30.8 Å². The van der Waals surface area contributed by atoms with Crippen LogP contribution in [0, 0.1) is 17.0 Å². The number of hydrogen-bond donors (Lipinski definition) is 0. The monoisotopic (exact) mass is 277 g/mol. The number of aromatic nitrogens is 3. The zero-order valence-electron chi connectivity index (χ0n) is 11.3. The van der Waals surface area contributed by atoms with Crippen molar-refractivity contribution in [3.8, 4) is 0 Å². The van der Waals surface area contributed by atoms with Crippen molar-refractivity contribution in [3.05, 3.63) is 34.0 Å². The summed E-state index contributed by atoms with van der Waals surface area (Å²) in [5.41, 5.74) is 0.815. The van der Waals surface area contributed by atoms with Crippen LogP contribution in [-0.2, 0) is 7.05 Å². The standard InChI is InChI=1S/C12H15N5O3/c1-8-6-9(14-20-8)10-4-3-5-16(10)12-11(17(18)19)13-7-15(12)2/h6-7,10H,3-5H2,1-2H3/t10-/m1/s1. The van der Waals surface area contributed by atoms with Gasteiger partial charge in [0.2, 0.25) is 12.1 Å². The van der Waals surface area contributed by atoms with E-state index in [1.807, 2.05) is 17.9 Å². The van der Waals surface area contributed by atoms with Gasteiger partial charge in [-0.3, -0.25) is 4.57 Å². The van der Waals surface area contributed by atoms with Crippen LogP contribution in [-0.4, -0.2) is 26.2 Å². The Morgan fingerprint density at radius 1 is 1.55 bits per heavy atom. The van der Waals surface area contributed by atoms with Gasteiger partial charge in [0.25, 0.3) is 0 Å². The summed E-state index contributed by atoms with van der Waals surface area (Å²) in [6.07, 6.45) is 3.32. The highest BCUT2D eigenvalue weighted by molar-refractivity contribution is 5.56. The fourth-order valence-electron chi connectivity index (χ4n) is 2.74. The van der Waals surface area contributed by atoms with Gasteiger partial charge < -0.3 is 19.5 Å². The van der Waals surface area contributed by atoms with Crippen molar-refractivity contribution in [3.63, 3.8) is 0 Å². The van der Waals surface area contributed by atoms with Crippen molar-refractivity contribution < 1.29 is 9.45 Å². The molecule has 1 fully saturated rings. The van der Waals surface area contributed by atoms with Crippen LogP contribution in [0.3, 0.4) is 0 Å². The van der Waals surface area contributed by atoms with Crippen LogP contribution in [0.4, 0.5) is 11.6 Å². The van der Waals surface area contributed by atoms with Crippen LogP contribution >= 0.6 is 0 Å². The second-order valence-electron chi connectivity index (χ2n) is 4.97. The molecular weight excluding hydrogens is 262 g/mol. The van der Waals surface area contributed by atoms with Gasteiger partial charge in [0.15, 0.2) is 0 Å². The Morgan fingerprint density at radius 3 is 3.00 bits per heavy atom. The summed E-state index contributed by atoms with van der Waals surface area (Å²) < 4.78 is 6.80. The van der Waals surface area contributed by atoms with E-state index in [2.05, 4.69) is 10.1 Å². The highest BCUT2D eigenvalue weighted by Gasteiger charge is 2.35. The molecular formula is C12H15N5O3. The van der Waals surface area contributed by atoms with Crippen molar-refractivity contribution in [1.29, 1.82) is 0 Å². The number of imidazole rings is 1. The van der Waals surface area contributed by atoms with Crippen LogP contribution < -0.4 is 4.90 Å². The fraction of sp³-hybridized carbons (Fsp3) is 0.500. The Kier molecular flexibility index (Phi) is 2.92. The van der Waals surface area contributed by atoms with E-state index in [4.69, 9.17) is 4.52 Å². The Bertz CT molecular complexity index is 647. The minimum absolute atomic E-state index is 0.00144. The normalized spacial score (nSPS) is 18.7. The summed E-state index contributed by atoms with van der Waals surface area (Å²) >= 11 is 0. The van der Waals surface area contributed by atoms with Crippen LogP contribution in [0.25, 0.3) is 0 Å². The van der Waals surface area contributed by atoms with E-state index in [1.54, 1.807) is 11.6 Å². The predicted octanol–water partition coefficient (Wildman–Crippen LogP) is 1.97. The molecule has 3 rings (SSSR count). The molecule has 106 valence electrons. The minimum Gasteiger partial charge on any atom is -0.361 e. The first-order valence-electron chi connectivity index (χ1n) is 6.43. The summed E-state index contributed by atoms with van der Waals surface area (Å²) in [5, 5.41) is 15.2. The number of anilines is 1. The third-order valence-corrected chi connectivity index (χ3v) is 3.57. The molecule has 3 heterocycles. The quantitative estimate of drug-likeness (QED) is 0.629. The summed E-state index contributed by atoms with van der Waals surface area (Å²) in [4.78, 5) is 16.5. The molecule has 0 radical (unpaired) electrons. The molecule has 20 heavy (non-hydrogen) atoms. The molecule has 2 aromatic heterocycles. The number of nitro groups is 1. The third-order valence-electron chi connectivity index (χ3n) is 3.57. The lowest BCUT2D eigenvalue weighted by Gasteiger charge is -2.23. The molecule has 1 aliphatic rings. The molecule has 0 amide bonds. The van der Waals surface area contributed by atoms with Gasteiger partial charge in [0, 0.05) is 19.7 Å². The summed E-state index contributed by atoms with van der Waals surface area (Å²) in [5.74, 6) is 1.16. The molecule has 0 N–H and O–H groups in total. The van der Waals surface area contributed by atoms with E-state index >= 15 is 0 Å². The summed E-state index contributed by atoms with van der Waals surface area (Å²) in [6.45, 7) is 2.58. The molecule has 0 aliphatic carbocycles. The topological polar surface area (TPSA) is 90.2 Å². The average molecular weight is 277 g/mol. The molecule has 2 aromatic rings. The Morgan fingerprint density at radius 2 is 2.35 bits per heavy atom. The van der Waals surface area contributed by atoms with Crippen molar-refractivity contribution in [2.45, 2.75) is 25.8 Å². The lowest BCUT2D eigenvalue weighted by atomic mass is 10.1. The van der Waals surface area contributed by atoms with Crippen molar-refractivity contribution >= 4 is 11.6 Å². The first kappa shape index (κ1) is 12.6. The van der Waals surface area contributed by atoms with Gasteiger partial charge in [-0.1, -0.05) is 5.16 Å². The Balaban J connectivity index is 2.01. The maximum atomic E-state index is 11.1. The lowest BCUT2D eigenvalue weighted by molar-refractivity contribution is -0.388. The number of nitrogens with zero attached hydrogens (tertiary/aromatic N) is 5. The predicted molar refractivity (Wildman–Crippen MR) is 70.4 cm³/mol. The van der Waals surface area contributed by atoms with Crippen molar-refractivity contribution in [1.82, 2.24) is 14.7 Å². The van der Waals surface area contributed by atoms with Gasteiger partial charge in [0.05, 0.1) is 6.04 Å². The molecule has 0 bridgehead atoms. The first-order chi connectivity index (χ1) is 9.58. The van der Waals surface area contributed by atoms with E-state index in [0.29, 0.717) is 5.82 Å². The van der Waals surface area contributed by atoms with Gasteiger partial charge in [0.1, 0.15) is 11.5 Å². The third kappa shape index (κ3) is 1.93. The van der Waals surface area contributed by atoms with E-state index < -0.39 is 4.92 Å². The highest BCUT2D eigenvalue weighted by atomic mass is 16.6. The molecule has 0 unspecified atom stereocenters. The van der Waals surface area contributed by atoms with Crippen LogP contribution in [0.2, 0.25) is 0 Å². The van der Waals surface area contributed by atoms with Crippen LogP contribution in [0.15, 0.2) is 16.9 Å². The summed E-state index contributed by atoms with van der Waals surface area (Å²) in [6, 6.07) is 1.88. The molecule has 1 saturated heterocycles. The smallest absolute Gasteiger partial charge is 0.361 e. The zero-order valence-corrected chi connectivity index (χ0v) is 11.3. The average Bonchev–Trinajstić information content (AvgIpc) is 3.07. The van der Waals surface area contributed by atoms with Gasteiger partial charge in [-0.2, -0.15) is 0 Å². The zero-order chi connectivity index (χ0) is 14.3. The molecule has 1 atom stereocenters. The SMILES string of the molecule is Cc1cc([C@H]2CCCN2c2c([N+](=O)[O-])ncn2C)no1. The van der Waals surface area contributed by atoms with Gasteiger partial charge in [-0.15, -0.1) is 0 Å². The second kappa shape index (κ2) is 4.62. The molecule has 0 saturated carbocycles. The lowest BCUT2D eigenvalue weighted by Crippen LogP contribution is -2.25. The fourth-order valence-corrected chi connectivity index (χ4v) is 2.74. The van der Waals surface area contributed by atoms with Gasteiger partial charge in [-0.25, -0.2) is 0 Å². The van der Waals surface area contributed by atoms with E-state index in [-0.39, 0.29) is 11.9 Å². The highest BCUT2D eigenvalue weighted by Crippen LogP contribution is 2.39. The van der Waals surface area contributed by atoms with Crippen molar-refractivity contribution in [2.24, 2.45) is 7.05 Å². The molecule has 8 nitrogen and oxygen atoms in total. The minimum atomic E-state index is -0.446. The van der Waals surface area contributed by atoms with E-state index in [9.17, 15) is 10.1 Å². The maximum absolute atomic E-state index is 11.1. The summed E-state index contributed by atoms with van der Waals surface area (Å²) in [7, 11) is 1.76. The van der Waals surface area contributed by atoms with Gasteiger partial charge in [-0.05, 0) is 29.7 Å². The number of aryl methyl sites for hydroxylation is 2. The molecule has 0 aromatic carbocycles. The molecule has 1 aliphatic heterocycles. The van der Waals surface area contributed by atoms with Gasteiger partial charge >= 0.3 is 5.82 Å². The van der Waals surface area contributed by atoms with Crippen LogP contribution in [0.5, 0.6) is 0 Å². The van der Waals surface area contributed by atoms with E-state index in [1.165, 1.54) is 6.33 Å². The second-order valence-corrected chi connectivity index (χ2v) is 4.97. The number of hydrogen-bond acceptors (Lipinski definition) is 6. The first-order valence-corrected chi connectivity index (χ1v) is 6.43. The maximum Gasteiger partial charge on any atom is 0.406 e.